The molecule has 0 fully saturated rings. The fraction of sp³-hybridized carbons (Fsp3) is 0.818. The number of carbonyl (C=O) groups excluding carboxylic acids is 2. The highest BCUT2D eigenvalue weighted by molar-refractivity contribution is 5.96. The Balaban J connectivity index is 4.37. The minimum absolute atomic E-state index is 0.0145. The second-order valence-electron chi connectivity index (χ2n) is 7.96. The van der Waals surface area contributed by atoms with Crippen LogP contribution >= 0.6 is 0 Å². The van der Waals surface area contributed by atoms with E-state index in [-0.39, 0.29) is 24.1 Å². The van der Waals surface area contributed by atoms with E-state index in [1.165, 1.54) is 0 Å². The van der Waals surface area contributed by atoms with Gasteiger partial charge in [-0.1, -0.05) is 52.5 Å². The van der Waals surface area contributed by atoms with Crippen molar-refractivity contribution in [3.05, 3.63) is 12.7 Å². The first-order valence-corrected chi connectivity index (χ1v) is 10.1. The molecular weight excluding hydrogens is 312 g/mol. The molecule has 0 amide bonds. The number of ether oxygens (including phenoxy) is 1. The first kappa shape index (κ1) is 23.9. The van der Waals surface area contributed by atoms with Crippen molar-refractivity contribution in [3.8, 4) is 0 Å². The molecule has 2 unspecified atom stereocenters. The molecule has 0 N–H and O–H groups in total. The lowest BCUT2D eigenvalue weighted by Crippen LogP contribution is -2.30. The van der Waals surface area contributed by atoms with E-state index in [0.29, 0.717) is 5.92 Å². The van der Waals surface area contributed by atoms with Crippen LogP contribution in [-0.2, 0) is 14.3 Å². The maximum absolute atomic E-state index is 12.5. The van der Waals surface area contributed by atoms with Crippen LogP contribution in [0.3, 0.4) is 0 Å². The van der Waals surface area contributed by atoms with Crippen molar-refractivity contribution in [1.29, 1.82) is 0 Å². The van der Waals surface area contributed by atoms with Gasteiger partial charge in [0.25, 0.3) is 0 Å². The quantitative estimate of drug-likeness (QED) is 0.151. The molecule has 0 saturated carbocycles. The van der Waals surface area contributed by atoms with Gasteiger partial charge in [0.2, 0.25) is 0 Å². The standard InChI is InChI=1S/C22H40O3/c1-7-10-11-15-19(13-8-2)20(23)17-21(24)25-22(5,6)16-12-14-18(4)9-3/h9,18-19H,3,7-8,10-17H2,1-2,4-6H3. The predicted octanol–water partition coefficient (Wildman–Crippen LogP) is 6.26. The van der Waals surface area contributed by atoms with E-state index in [4.69, 9.17) is 4.74 Å². The molecule has 0 spiro atoms. The van der Waals surface area contributed by atoms with Gasteiger partial charge in [-0.05, 0) is 51.9 Å². The normalized spacial score (nSPS) is 14.0. The van der Waals surface area contributed by atoms with Gasteiger partial charge >= 0.3 is 5.97 Å². The van der Waals surface area contributed by atoms with Crippen LogP contribution in [0.15, 0.2) is 12.7 Å². The van der Waals surface area contributed by atoms with Crippen molar-refractivity contribution >= 4 is 11.8 Å². The number of hydrogen-bond acceptors (Lipinski definition) is 3. The number of unbranched alkanes of at least 4 members (excludes halogenated alkanes) is 2. The molecule has 2 atom stereocenters. The summed E-state index contributed by atoms with van der Waals surface area (Å²) >= 11 is 0. The summed E-state index contributed by atoms with van der Waals surface area (Å²) in [6, 6.07) is 0. The fourth-order valence-corrected chi connectivity index (χ4v) is 3.10. The largest absolute Gasteiger partial charge is 0.459 e. The number of rotatable bonds is 15. The van der Waals surface area contributed by atoms with Gasteiger partial charge in [0, 0.05) is 5.92 Å². The summed E-state index contributed by atoms with van der Waals surface area (Å²) in [5.74, 6) is 0.175. The van der Waals surface area contributed by atoms with Gasteiger partial charge in [-0.15, -0.1) is 6.58 Å². The lowest BCUT2D eigenvalue weighted by molar-refractivity contribution is -0.159. The number of carbonyl (C=O) groups is 2. The summed E-state index contributed by atoms with van der Waals surface area (Å²) in [4.78, 5) is 24.7. The Hall–Kier alpha value is -1.12. The number of ketones is 1. The Morgan fingerprint density at radius 3 is 2.28 bits per heavy atom. The van der Waals surface area contributed by atoms with Crippen LogP contribution in [0.4, 0.5) is 0 Å². The topological polar surface area (TPSA) is 43.4 Å². The zero-order valence-electron chi connectivity index (χ0n) is 17.2. The van der Waals surface area contributed by atoms with Gasteiger partial charge in [-0.3, -0.25) is 9.59 Å². The second kappa shape index (κ2) is 13.1. The number of esters is 1. The van der Waals surface area contributed by atoms with Gasteiger partial charge in [0.05, 0.1) is 0 Å². The Kier molecular flexibility index (Phi) is 12.5. The molecule has 3 nitrogen and oxygen atoms in total. The van der Waals surface area contributed by atoms with Crippen LogP contribution in [0, 0.1) is 11.8 Å². The van der Waals surface area contributed by atoms with Crippen molar-refractivity contribution in [3.63, 3.8) is 0 Å². The van der Waals surface area contributed by atoms with Gasteiger partial charge in [-0.25, -0.2) is 0 Å². The molecule has 0 bridgehead atoms. The summed E-state index contributed by atoms with van der Waals surface area (Å²) < 4.78 is 5.59. The molecule has 0 heterocycles. The lowest BCUT2D eigenvalue weighted by Gasteiger charge is -2.26. The zero-order chi connectivity index (χ0) is 19.3. The third kappa shape index (κ3) is 12.0. The first-order valence-electron chi connectivity index (χ1n) is 10.1. The summed E-state index contributed by atoms with van der Waals surface area (Å²) in [6.07, 6.45) is 10.8. The molecule has 0 aliphatic heterocycles. The van der Waals surface area contributed by atoms with Crippen LogP contribution in [0.5, 0.6) is 0 Å². The van der Waals surface area contributed by atoms with E-state index in [0.717, 1.165) is 57.8 Å². The average molecular weight is 353 g/mol. The molecule has 0 aliphatic rings. The Bertz CT molecular complexity index is 398. The first-order chi connectivity index (χ1) is 11.8. The molecule has 3 heteroatoms. The summed E-state index contributed by atoms with van der Waals surface area (Å²) in [5, 5.41) is 0. The predicted molar refractivity (Wildman–Crippen MR) is 106 cm³/mol. The van der Waals surface area contributed by atoms with Gasteiger partial charge in [0.15, 0.2) is 0 Å². The molecule has 25 heavy (non-hydrogen) atoms. The Morgan fingerprint density at radius 2 is 1.72 bits per heavy atom. The van der Waals surface area contributed by atoms with Crippen LogP contribution in [0.25, 0.3) is 0 Å². The fourth-order valence-electron chi connectivity index (χ4n) is 3.10. The summed E-state index contributed by atoms with van der Waals surface area (Å²) in [7, 11) is 0. The van der Waals surface area contributed by atoms with Crippen LogP contribution in [0.2, 0.25) is 0 Å². The van der Waals surface area contributed by atoms with Crippen molar-refractivity contribution < 1.29 is 14.3 Å². The zero-order valence-corrected chi connectivity index (χ0v) is 17.2. The molecule has 0 aromatic rings. The minimum atomic E-state index is -0.513. The third-order valence-electron chi connectivity index (χ3n) is 4.80. The summed E-state index contributed by atoms with van der Waals surface area (Å²) in [5.41, 5.74) is -0.513. The smallest absolute Gasteiger partial charge is 0.313 e. The van der Waals surface area contributed by atoms with E-state index in [2.05, 4.69) is 27.4 Å². The van der Waals surface area contributed by atoms with Crippen molar-refractivity contribution in [2.45, 2.75) is 104 Å². The maximum atomic E-state index is 12.5. The molecule has 0 aromatic carbocycles. The van der Waals surface area contributed by atoms with Gasteiger partial charge in [-0.2, -0.15) is 0 Å². The third-order valence-corrected chi connectivity index (χ3v) is 4.80. The maximum Gasteiger partial charge on any atom is 0.313 e. The molecule has 0 aliphatic carbocycles. The van der Waals surface area contributed by atoms with Crippen LogP contribution in [-0.4, -0.2) is 17.4 Å². The summed E-state index contributed by atoms with van der Waals surface area (Å²) in [6.45, 7) is 14.0. The molecule has 0 radical (unpaired) electrons. The van der Waals surface area contributed by atoms with Crippen LogP contribution < -0.4 is 0 Å². The van der Waals surface area contributed by atoms with Gasteiger partial charge in [0.1, 0.15) is 17.8 Å². The molecular formula is C22H40O3. The molecule has 146 valence electrons. The Morgan fingerprint density at radius 1 is 1.04 bits per heavy atom. The lowest BCUT2D eigenvalue weighted by atomic mass is 9.91. The highest BCUT2D eigenvalue weighted by Crippen LogP contribution is 2.23. The number of Topliss-reactive ketones (excluding diaryl/α,β-unsaturated/α-hetero) is 1. The molecule has 0 aromatic heterocycles. The monoisotopic (exact) mass is 352 g/mol. The average Bonchev–Trinajstić information content (AvgIpc) is 2.52. The van der Waals surface area contributed by atoms with Crippen molar-refractivity contribution in [1.82, 2.24) is 0 Å². The van der Waals surface area contributed by atoms with E-state index in [1.54, 1.807) is 0 Å². The second-order valence-corrected chi connectivity index (χ2v) is 7.96. The van der Waals surface area contributed by atoms with E-state index in [1.807, 2.05) is 19.9 Å². The van der Waals surface area contributed by atoms with Gasteiger partial charge < -0.3 is 4.74 Å². The van der Waals surface area contributed by atoms with Crippen LogP contribution in [0.1, 0.15) is 98.8 Å². The van der Waals surface area contributed by atoms with Crippen molar-refractivity contribution in [2.75, 3.05) is 0 Å². The highest BCUT2D eigenvalue weighted by Gasteiger charge is 2.26. The van der Waals surface area contributed by atoms with E-state index < -0.39 is 5.60 Å². The Labute approximate surface area is 155 Å². The SMILES string of the molecule is C=CC(C)CCCC(C)(C)OC(=O)CC(=O)C(CCC)CCCCC. The number of hydrogen-bond donors (Lipinski definition) is 0. The van der Waals surface area contributed by atoms with E-state index in [9.17, 15) is 9.59 Å². The highest BCUT2D eigenvalue weighted by atomic mass is 16.6. The molecule has 0 saturated heterocycles. The molecule has 0 rings (SSSR count). The van der Waals surface area contributed by atoms with E-state index >= 15 is 0 Å². The minimum Gasteiger partial charge on any atom is -0.459 e. The number of allylic oxidation sites excluding steroid dienone is 1. The van der Waals surface area contributed by atoms with Crippen molar-refractivity contribution in [2.24, 2.45) is 11.8 Å².